The first-order valence-electron chi connectivity index (χ1n) is 1.62. The highest BCUT2D eigenvalue weighted by atomic mass is 14.8. The SMILES string of the molecule is [CH2]NCCN. The zero-order chi connectivity index (χ0) is 4.12. The van der Waals surface area contributed by atoms with Crippen molar-refractivity contribution in [3.8, 4) is 0 Å². The summed E-state index contributed by atoms with van der Waals surface area (Å²) in [6.07, 6.45) is 0. The van der Waals surface area contributed by atoms with Crippen LogP contribution in [0.4, 0.5) is 0 Å². The average molecular weight is 73.1 g/mol. The fourth-order valence-electron chi connectivity index (χ4n) is 0.102. The lowest BCUT2D eigenvalue weighted by molar-refractivity contribution is 0.839. The first-order chi connectivity index (χ1) is 2.41. The molecule has 0 aliphatic rings. The smallest absolute Gasteiger partial charge is 0.00772 e. The zero-order valence-electron chi connectivity index (χ0n) is 3.20. The van der Waals surface area contributed by atoms with Crippen molar-refractivity contribution in [2.75, 3.05) is 13.1 Å². The van der Waals surface area contributed by atoms with Crippen LogP contribution in [0.25, 0.3) is 0 Å². The first kappa shape index (κ1) is 4.92. The molecule has 0 rings (SSSR count). The molecule has 0 amide bonds. The molecule has 3 N–H and O–H groups in total. The predicted molar refractivity (Wildman–Crippen MR) is 22.4 cm³/mol. The third kappa shape index (κ3) is 3.92. The maximum atomic E-state index is 5.04. The molecule has 0 atom stereocenters. The molecule has 0 aromatic carbocycles. The molecule has 0 saturated carbocycles. The third-order valence-electron chi connectivity index (χ3n) is 0.321. The summed E-state index contributed by atoms with van der Waals surface area (Å²) in [4.78, 5) is 0. The Morgan fingerprint density at radius 3 is 2.40 bits per heavy atom. The Labute approximate surface area is 32.4 Å². The lowest BCUT2D eigenvalue weighted by Crippen LogP contribution is -2.15. The molecular weight excluding hydrogens is 64.0 g/mol. The fraction of sp³-hybridized carbons (Fsp3) is 0.667. The summed E-state index contributed by atoms with van der Waals surface area (Å²) in [5.74, 6) is 0. The molecule has 1 radical (unpaired) electrons. The normalized spacial score (nSPS) is 8.40. The summed E-state index contributed by atoms with van der Waals surface area (Å²) in [6, 6.07) is 0. The van der Waals surface area contributed by atoms with Crippen molar-refractivity contribution in [3.63, 3.8) is 0 Å². The standard InChI is InChI=1S/C3H9N2/c1-5-3-2-4/h5H,1-4H2. The summed E-state index contributed by atoms with van der Waals surface area (Å²) in [7, 11) is 3.35. The van der Waals surface area contributed by atoms with Gasteiger partial charge in [0.25, 0.3) is 0 Å². The van der Waals surface area contributed by atoms with Crippen LogP contribution in [0.15, 0.2) is 0 Å². The van der Waals surface area contributed by atoms with Gasteiger partial charge in [0.15, 0.2) is 0 Å². The molecule has 5 heavy (non-hydrogen) atoms. The van der Waals surface area contributed by atoms with Crippen LogP contribution in [0.1, 0.15) is 0 Å². The van der Waals surface area contributed by atoms with Gasteiger partial charge in [0.05, 0.1) is 0 Å². The molecule has 0 aliphatic heterocycles. The van der Waals surface area contributed by atoms with Gasteiger partial charge in [-0.2, -0.15) is 0 Å². The van der Waals surface area contributed by atoms with E-state index in [1.54, 1.807) is 0 Å². The van der Waals surface area contributed by atoms with Gasteiger partial charge in [-0.1, -0.05) is 0 Å². The Bertz CT molecular complexity index is 12.4. The van der Waals surface area contributed by atoms with E-state index >= 15 is 0 Å². The van der Waals surface area contributed by atoms with Crippen molar-refractivity contribution in [2.24, 2.45) is 5.73 Å². The van der Waals surface area contributed by atoms with Gasteiger partial charge >= 0.3 is 0 Å². The van der Waals surface area contributed by atoms with Crippen LogP contribution in [0.2, 0.25) is 0 Å². The monoisotopic (exact) mass is 73.1 g/mol. The minimum atomic E-state index is 0.670. The zero-order valence-corrected chi connectivity index (χ0v) is 3.20. The number of nitrogens with two attached hydrogens (primary N) is 1. The Hall–Kier alpha value is -0.0800. The summed E-state index contributed by atoms with van der Waals surface area (Å²) < 4.78 is 0. The quantitative estimate of drug-likeness (QED) is 0.455. The first-order valence-corrected chi connectivity index (χ1v) is 1.62. The maximum absolute atomic E-state index is 5.04. The van der Waals surface area contributed by atoms with Gasteiger partial charge in [-0.25, -0.2) is 0 Å². The summed E-state index contributed by atoms with van der Waals surface area (Å²) in [5.41, 5.74) is 5.04. The van der Waals surface area contributed by atoms with Gasteiger partial charge in [0, 0.05) is 20.1 Å². The molecule has 2 heteroatoms. The van der Waals surface area contributed by atoms with E-state index in [9.17, 15) is 0 Å². The van der Waals surface area contributed by atoms with Crippen LogP contribution in [0.5, 0.6) is 0 Å². The topological polar surface area (TPSA) is 38.0 Å². The molecule has 0 heterocycles. The van der Waals surface area contributed by atoms with Crippen molar-refractivity contribution in [2.45, 2.75) is 0 Å². The minimum Gasteiger partial charge on any atom is -0.329 e. The molecule has 31 valence electrons. The summed E-state index contributed by atoms with van der Waals surface area (Å²) >= 11 is 0. The predicted octanol–water partition coefficient (Wildman–Crippen LogP) is -0.674. The van der Waals surface area contributed by atoms with Crippen LogP contribution in [0, 0.1) is 7.05 Å². The number of hydrogen-bond acceptors (Lipinski definition) is 2. The van der Waals surface area contributed by atoms with E-state index in [2.05, 4.69) is 12.4 Å². The van der Waals surface area contributed by atoms with Gasteiger partial charge in [-0.3, -0.25) is 0 Å². The van der Waals surface area contributed by atoms with Crippen LogP contribution in [-0.4, -0.2) is 13.1 Å². The number of nitrogens with one attached hydrogen (secondary N) is 1. The lowest BCUT2D eigenvalue weighted by Gasteiger charge is -1.84. The molecule has 0 unspecified atom stereocenters. The number of rotatable bonds is 2. The molecule has 0 saturated heterocycles. The highest BCUT2D eigenvalue weighted by Crippen LogP contribution is 1.39. The number of hydrogen-bond donors (Lipinski definition) is 2. The molecule has 0 spiro atoms. The molecule has 0 aliphatic carbocycles. The molecular formula is C3H9N2. The van der Waals surface area contributed by atoms with E-state index in [4.69, 9.17) is 5.73 Å². The van der Waals surface area contributed by atoms with Crippen LogP contribution in [0.3, 0.4) is 0 Å². The highest BCUT2D eigenvalue weighted by Gasteiger charge is 1.64. The van der Waals surface area contributed by atoms with E-state index in [-0.39, 0.29) is 0 Å². The second-order valence-corrected chi connectivity index (χ2v) is 0.789. The van der Waals surface area contributed by atoms with E-state index in [0.717, 1.165) is 6.54 Å². The molecule has 0 aromatic heterocycles. The fourth-order valence-corrected chi connectivity index (χ4v) is 0.102. The van der Waals surface area contributed by atoms with Crippen molar-refractivity contribution >= 4 is 0 Å². The lowest BCUT2D eigenvalue weighted by atomic mass is 10.7. The minimum absolute atomic E-state index is 0.670. The Balaban J connectivity index is 2.19. The van der Waals surface area contributed by atoms with E-state index in [0.29, 0.717) is 6.54 Å². The van der Waals surface area contributed by atoms with Crippen molar-refractivity contribution in [1.82, 2.24) is 5.32 Å². The molecule has 0 fully saturated rings. The Morgan fingerprint density at radius 2 is 2.40 bits per heavy atom. The van der Waals surface area contributed by atoms with E-state index in [1.165, 1.54) is 0 Å². The molecule has 0 aromatic rings. The van der Waals surface area contributed by atoms with Gasteiger partial charge in [-0.15, -0.1) is 0 Å². The Morgan fingerprint density at radius 1 is 1.80 bits per heavy atom. The van der Waals surface area contributed by atoms with E-state index in [1.807, 2.05) is 0 Å². The largest absolute Gasteiger partial charge is 0.329 e. The van der Waals surface area contributed by atoms with Crippen LogP contribution < -0.4 is 11.1 Å². The van der Waals surface area contributed by atoms with Crippen molar-refractivity contribution in [3.05, 3.63) is 7.05 Å². The molecule has 2 nitrogen and oxygen atoms in total. The summed E-state index contributed by atoms with van der Waals surface area (Å²) in [6.45, 7) is 1.48. The average Bonchev–Trinajstić information content (AvgIpc) is 1.41. The highest BCUT2D eigenvalue weighted by molar-refractivity contribution is 4.38. The van der Waals surface area contributed by atoms with Gasteiger partial charge in [0.1, 0.15) is 0 Å². The van der Waals surface area contributed by atoms with Gasteiger partial charge < -0.3 is 11.1 Å². The van der Waals surface area contributed by atoms with Gasteiger partial charge in [0.2, 0.25) is 0 Å². The molecule has 0 bridgehead atoms. The summed E-state index contributed by atoms with van der Waals surface area (Å²) in [5, 5.41) is 2.64. The van der Waals surface area contributed by atoms with Gasteiger partial charge in [-0.05, 0) is 0 Å². The van der Waals surface area contributed by atoms with Crippen LogP contribution in [-0.2, 0) is 0 Å². The third-order valence-corrected chi connectivity index (χ3v) is 0.321. The van der Waals surface area contributed by atoms with Crippen LogP contribution >= 0.6 is 0 Å². The maximum Gasteiger partial charge on any atom is 0.00772 e. The van der Waals surface area contributed by atoms with E-state index < -0.39 is 0 Å². The van der Waals surface area contributed by atoms with Crippen molar-refractivity contribution in [1.29, 1.82) is 0 Å². The van der Waals surface area contributed by atoms with Crippen molar-refractivity contribution < 1.29 is 0 Å². The second-order valence-electron chi connectivity index (χ2n) is 0.789. The Kier molecular flexibility index (Phi) is 3.86. The second kappa shape index (κ2) is 3.92.